The molecule has 1 amide bonds. The number of carbonyl (C=O) groups excluding carboxylic acids is 1. The molecule has 5 nitrogen and oxygen atoms in total. The standard InChI is InChI=1S/C13H16N2O3S/c1-17-10-4-3-8(6-11(10)18-2)5-9-7-12(16)15-13(19)14-9/h3-4,6-7,13-14,19H,5H2,1-2H3,(H,15,16). The largest absolute Gasteiger partial charge is 0.493 e. The zero-order chi connectivity index (χ0) is 13.8. The molecular weight excluding hydrogens is 264 g/mol. The maximum absolute atomic E-state index is 11.4. The Bertz CT molecular complexity index is 517. The van der Waals surface area contributed by atoms with E-state index in [4.69, 9.17) is 9.47 Å². The fraction of sp³-hybridized carbons (Fsp3) is 0.308. The molecule has 102 valence electrons. The Morgan fingerprint density at radius 3 is 2.58 bits per heavy atom. The number of thiol groups is 1. The van der Waals surface area contributed by atoms with Crippen LogP contribution in [-0.4, -0.2) is 25.6 Å². The minimum Gasteiger partial charge on any atom is -0.493 e. The van der Waals surface area contributed by atoms with Gasteiger partial charge in [-0.3, -0.25) is 4.79 Å². The second-order valence-corrected chi connectivity index (χ2v) is 4.61. The van der Waals surface area contributed by atoms with Gasteiger partial charge in [-0.1, -0.05) is 6.07 Å². The normalized spacial score (nSPS) is 18.2. The van der Waals surface area contributed by atoms with E-state index in [2.05, 4.69) is 23.3 Å². The summed E-state index contributed by atoms with van der Waals surface area (Å²) in [7, 11) is 3.19. The van der Waals surface area contributed by atoms with Crippen molar-refractivity contribution in [2.75, 3.05) is 14.2 Å². The van der Waals surface area contributed by atoms with E-state index in [1.165, 1.54) is 6.08 Å². The number of hydrogen-bond donors (Lipinski definition) is 3. The number of allylic oxidation sites excluding steroid dienone is 1. The molecule has 0 radical (unpaired) electrons. The van der Waals surface area contributed by atoms with Crippen LogP contribution in [0.5, 0.6) is 11.5 Å². The Hall–Kier alpha value is -1.82. The first-order valence-electron chi connectivity index (χ1n) is 5.79. The predicted octanol–water partition coefficient (Wildman–Crippen LogP) is 1.06. The Balaban J connectivity index is 2.17. The topological polar surface area (TPSA) is 59.6 Å². The first kappa shape index (κ1) is 13.6. The molecule has 1 aliphatic heterocycles. The Kier molecular flexibility index (Phi) is 4.21. The monoisotopic (exact) mass is 280 g/mol. The highest BCUT2D eigenvalue weighted by Crippen LogP contribution is 2.28. The molecule has 19 heavy (non-hydrogen) atoms. The van der Waals surface area contributed by atoms with Gasteiger partial charge in [0.25, 0.3) is 0 Å². The average molecular weight is 280 g/mol. The molecule has 2 N–H and O–H groups in total. The first-order valence-corrected chi connectivity index (χ1v) is 6.30. The lowest BCUT2D eigenvalue weighted by Crippen LogP contribution is -2.45. The van der Waals surface area contributed by atoms with E-state index < -0.39 is 0 Å². The SMILES string of the molecule is COc1ccc(CC2=CC(=O)NC(S)N2)cc1OC. The van der Waals surface area contributed by atoms with Gasteiger partial charge in [0.1, 0.15) is 5.50 Å². The van der Waals surface area contributed by atoms with Gasteiger partial charge in [-0.2, -0.15) is 0 Å². The van der Waals surface area contributed by atoms with E-state index in [0.29, 0.717) is 17.9 Å². The molecule has 0 saturated heterocycles. The van der Waals surface area contributed by atoms with Crippen molar-refractivity contribution >= 4 is 18.5 Å². The molecule has 0 aliphatic carbocycles. The highest BCUT2D eigenvalue weighted by Gasteiger charge is 2.15. The maximum Gasteiger partial charge on any atom is 0.247 e. The van der Waals surface area contributed by atoms with Crippen molar-refractivity contribution in [1.29, 1.82) is 0 Å². The van der Waals surface area contributed by atoms with E-state index >= 15 is 0 Å². The molecule has 1 aromatic rings. The number of carbonyl (C=O) groups is 1. The van der Waals surface area contributed by atoms with Crippen LogP contribution in [-0.2, 0) is 11.2 Å². The summed E-state index contributed by atoms with van der Waals surface area (Å²) in [6.07, 6.45) is 2.13. The van der Waals surface area contributed by atoms with E-state index in [9.17, 15) is 4.79 Å². The van der Waals surface area contributed by atoms with Crippen LogP contribution in [0.3, 0.4) is 0 Å². The second kappa shape index (κ2) is 5.88. The minimum absolute atomic E-state index is 0.144. The molecule has 1 aliphatic rings. The quantitative estimate of drug-likeness (QED) is 0.722. The number of methoxy groups -OCH3 is 2. The van der Waals surface area contributed by atoms with Crippen LogP contribution in [0.4, 0.5) is 0 Å². The molecule has 1 aromatic carbocycles. The summed E-state index contributed by atoms with van der Waals surface area (Å²) in [6, 6.07) is 5.67. The lowest BCUT2D eigenvalue weighted by molar-refractivity contribution is -0.117. The third-order valence-electron chi connectivity index (χ3n) is 2.75. The fourth-order valence-electron chi connectivity index (χ4n) is 1.90. The first-order chi connectivity index (χ1) is 9.12. The molecule has 1 atom stereocenters. The van der Waals surface area contributed by atoms with Crippen LogP contribution in [0.2, 0.25) is 0 Å². The van der Waals surface area contributed by atoms with Gasteiger partial charge in [0.15, 0.2) is 11.5 Å². The van der Waals surface area contributed by atoms with E-state index in [1.54, 1.807) is 14.2 Å². The number of ether oxygens (including phenoxy) is 2. The number of amides is 1. The fourth-order valence-corrected chi connectivity index (χ4v) is 2.19. The summed E-state index contributed by atoms with van der Waals surface area (Å²) in [5, 5.41) is 5.71. The zero-order valence-corrected chi connectivity index (χ0v) is 11.7. The van der Waals surface area contributed by atoms with Gasteiger partial charge in [0.2, 0.25) is 5.91 Å². The van der Waals surface area contributed by atoms with Gasteiger partial charge in [0, 0.05) is 18.2 Å². The van der Waals surface area contributed by atoms with Crippen LogP contribution < -0.4 is 20.1 Å². The third-order valence-corrected chi connectivity index (χ3v) is 3.01. The zero-order valence-electron chi connectivity index (χ0n) is 10.8. The Morgan fingerprint density at radius 1 is 1.21 bits per heavy atom. The summed E-state index contributed by atoms with van der Waals surface area (Å²) in [5.41, 5.74) is 1.48. The third kappa shape index (κ3) is 3.35. The van der Waals surface area contributed by atoms with Gasteiger partial charge in [0.05, 0.1) is 14.2 Å². The lowest BCUT2D eigenvalue weighted by atomic mass is 10.1. The van der Waals surface area contributed by atoms with Crippen LogP contribution in [0, 0.1) is 0 Å². The van der Waals surface area contributed by atoms with Gasteiger partial charge in [-0.05, 0) is 17.7 Å². The van der Waals surface area contributed by atoms with Crippen LogP contribution >= 0.6 is 12.6 Å². The number of hydrogen-bond acceptors (Lipinski definition) is 5. The molecule has 0 saturated carbocycles. The van der Waals surface area contributed by atoms with Crippen LogP contribution in [0.25, 0.3) is 0 Å². The molecule has 0 fully saturated rings. The molecule has 0 spiro atoms. The van der Waals surface area contributed by atoms with E-state index in [-0.39, 0.29) is 11.4 Å². The predicted molar refractivity (Wildman–Crippen MR) is 75.4 cm³/mol. The summed E-state index contributed by atoms with van der Waals surface area (Å²) in [5.74, 6) is 1.21. The lowest BCUT2D eigenvalue weighted by Gasteiger charge is -2.22. The molecule has 6 heteroatoms. The Labute approximate surface area is 117 Å². The number of benzene rings is 1. The molecule has 1 unspecified atom stereocenters. The molecular formula is C13H16N2O3S. The summed E-state index contributed by atoms with van der Waals surface area (Å²) in [6.45, 7) is 0. The number of rotatable bonds is 4. The van der Waals surface area contributed by atoms with Crippen LogP contribution in [0.15, 0.2) is 30.0 Å². The van der Waals surface area contributed by atoms with Crippen molar-refractivity contribution in [3.8, 4) is 11.5 Å². The highest BCUT2D eigenvalue weighted by molar-refractivity contribution is 7.80. The van der Waals surface area contributed by atoms with Gasteiger partial charge in [-0.15, -0.1) is 12.6 Å². The van der Waals surface area contributed by atoms with Gasteiger partial charge >= 0.3 is 0 Å². The molecule has 2 rings (SSSR count). The van der Waals surface area contributed by atoms with Crippen molar-refractivity contribution in [2.45, 2.75) is 11.9 Å². The van der Waals surface area contributed by atoms with E-state index in [1.807, 2.05) is 18.2 Å². The Morgan fingerprint density at radius 2 is 1.95 bits per heavy atom. The second-order valence-electron chi connectivity index (χ2n) is 4.09. The van der Waals surface area contributed by atoms with Gasteiger partial charge in [-0.25, -0.2) is 0 Å². The van der Waals surface area contributed by atoms with Crippen molar-refractivity contribution in [3.05, 3.63) is 35.5 Å². The van der Waals surface area contributed by atoms with Crippen molar-refractivity contribution < 1.29 is 14.3 Å². The van der Waals surface area contributed by atoms with Gasteiger partial charge < -0.3 is 20.1 Å². The molecule has 1 heterocycles. The summed E-state index contributed by atoms with van der Waals surface area (Å²) >= 11 is 4.19. The van der Waals surface area contributed by atoms with Crippen LogP contribution in [0.1, 0.15) is 5.56 Å². The van der Waals surface area contributed by atoms with E-state index in [0.717, 1.165) is 11.3 Å². The molecule has 0 bridgehead atoms. The molecule has 0 aromatic heterocycles. The van der Waals surface area contributed by atoms with Crippen molar-refractivity contribution in [1.82, 2.24) is 10.6 Å². The van der Waals surface area contributed by atoms with Crippen molar-refractivity contribution in [2.24, 2.45) is 0 Å². The smallest absolute Gasteiger partial charge is 0.247 e. The number of nitrogens with one attached hydrogen (secondary N) is 2. The average Bonchev–Trinajstić information content (AvgIpc) is 2.37. The van der Waals surface area contributed by atoms with Crippen molar-refractivity contribution in [3.63, 3.8) is 0 Å². The maximum atomic E-state index is 11.4. The highest BCUT2D eigenvalue weighted by atomic mass is 32.1. The minimum atomic E-state index is -0.354. The summed E-state index contributed by atoms with van der Waals surface area (Å²) in [4.78, 5) is 11.4. The summed E-state index contributed by atoms with van der Waals surface area (Å²) < 4.78 is 10.4.